The number of hydrogen-bond acceptors (Lipinski definition) is 10. The molecule has 0 aromatic carbocycles. The molecule has 0 spiro atoms. The highest BCUT2D eigenvalue weighted by atomic mass is 16.4. The van der Waals surface area contributed by atoms with Crippen LogP contribution in [0.5, 0.6) is 0 Å². The smallest absolute Gasteiger partial charge is 0.317 e. The number of carbonyl (C=O) groups excluding carboxylic acids is 2. The average molecular weight is 1010 g/mol. The Hall–Kier alpha value is -2.36. The molecule has 8 fully saturated rings. The highest BCUT2D eigenvalue weighted by Crippen LogP contribution is 2.70. The summed E-state index contributed by atoms with van der Waals surface area (Å²) in [6, 6.07) is 0. The van der Waals surface area contributed by atoms with E-state index in [0.717, 1.165) is 103 Å². The fourth-order valence-electron chi connectivity index (χ4n) is 19.6. The van der Waals surface area contributed by atoms with Gasteiger partial charge in [-0.25, -0.2) is 0 Å². The second-order valence-electron chi connectivity index (χ2n) is 26.9. The Balaban J connectivity index is 0.749. The molecular weight excluding hydrogens is 913 g/mol. The van der Waals surface area contributed by atoms with E-state index in [1.54, 1.807) is 0 Å². The van der Waals surface area contributed by atoms with Crippen molar-refractivity contribution in [1.82, 2.24) is 20.4 Å². The van der Waals surface area contributed by atoms with Crippen LogP contribution in [0, 0.1) is 92.7 Å². The maximum Gasteiger partial charge on any atom is 0.317 e. The topological polar surface area (TPSA) is 220 Å². The van der Waals surface area contributed by atoms with Gasteiger partial charge in [-0.15, -0.1) is 0 Å². The molecule has 0 aromatic rings. The molecule has 0 radical (unpaired) electrons. The number of nitrogens with one attached hydrogen (secondary N) is 2. The molecule has 8 rings (SSSR count). The summed E-state index contributed by atoms with van der Waals surface area (Å²) in [5.74, 6) is 3.17. The van der Waals surface area contributed by atoms with Crippen LogP contribution in [0.15, 0.2) is 0 Å². The van der Waals surface area contributed by atoms with Crippen molar-refractivity contribution in [3.05, 3.63) is 0 Å². The molecule has 0 heterocycles. The lowest BCUT2D eigenvalue weighted by Crippen LogP contribution is -2.58. The number of rotatable bonds is 21. The highest BCUT2D eigenvalue weighted by molar-refractivity contribution is 5.79. The largest absolute Gasteiger partial charge is 0.480 e. The molecule has 20 atom stereocenters. The monoisotopic (exact) mass is 1010 g/mol. The second kappa shape index (κ2) is 22.7. The Labute approximate surface area is 432 Å². The number of carbonyl (C=O) groups is 4. The lowest BCUT2D eigenvalue weighted by Gasteiger charge is -2.62. The first-order valence-electron chi connectivity index (χ1n) is 29.2. The quantitative estimate of drug-likeness (QED) is 0.0557. The van der Waals surface area contributed by atoms with Crippen molar-refractivity contribution in [2.24, 2.45) is 92.7 Å². The first-order chi connectivity index (χ1) is 34.1. The van der Waals surface area contributed by atoms with Gasteiger partial charge >= 0.3 is 11.9 Å². The van der Waals surface area contributed by atoms with Crippen molar-refractivity contribution in [1.29, 1.82) is 0 Å². The summed E-state index contributed by atoms with van der Waals surface area (Å²) >= 11 is 0. The molecule has 0 aliphatic heterocycles. The van der Waals surface area contributed by atoms with Crippen molar-refractivity contribution in [2.45, 2.75) is 194 Å². The zero-order valence-electron chi connectivity index (χ0n) is 45.2. The number of carboxylic acids is 2. The number of aliphatic hydroxyl groups excluding tert-OH is 4. The Morgan fingerprint density at radius 3 is 1.28 bits per heavy atom. The van der Waals surface area contributed by atoms with Crippen LogP contribution in [0.25, 0.3) is 0 Å². The van der Waals surface area contributed by atoms with Crippen molar-refractivity contribution < 1.29 is 49.8 Å². The van der Waals surface area contributed by atoms with E-state index in [4.69, 9.17) is 0 Å². The van der Waals surface area contributed by atoms with E-state index in [-0.39, 0.29) is 84.1 Å². The molecule has 8 N–H and O–H groups in total. The zero-order valence-corrected chi connectivity index (χ0v) is 45.2. The molecule has 0 bridgehead atoms. The van der Waals surface area contributed by atoms with E-state index in [0.29, 0.717) is 84.1 Å². The average Bonchev–Trinajstić information content (AvgIpc) is 3.88. The molecule has 14 heteroatoms. The van der Waals surface area contributed by atoms with Crippen molar-refractivity contribution in [3.8, 4) is 0 Å². The number of aliphatic hydroxyl groups is 4. The molecule has 8 aliphatic rings. The molecule has 8 aliphatic carbocycles. The lowest BCUT2D eigenvalue weighted by atomic mass is 9.43. The molecule has 0 saturated heterocycles. The third-order valence-electron chi connectivity index (χ3n) is 23.5. The van der Waals surface area contributed by atoms with Gasteiger partial charge in [-0.05, 0) is 221 Å². The van der Waals surface area contributed by atoms with Crippen LogP contribution >= 0.6 is 0 Å². The molecule has 2 amide bonds. The maximum atomic E-state index is 13.2. The number of fused-ring (bicyclic) bond motifs is 10. The summed E-state index contributed by atoms with van der Waals surface area (Å²) in [5.41, 5.74) is 0.148. The summed E-state index contributed by atoms with van der Waals surface area (Å²) in [7, 11) is 0. The lowest BCUT2D eigenvalue weighted by molar-refractivity contribution is -0.174. The first kappa shape index (κ1) is 55.9. The van der Waals surface area contributed by atoms with Crippen LogP contribution < -0.4 is 10.6 Å². The molecular formula is C58H98N4O10. The van der Waals surface area contributed by atoms with Crippen LogP contribution in [0.3, 0.4) is 0 Å². The fraction of sp³-hybridized carbons (Fsp3) is 0.931. The van der Waals surface area contributed by atoms with Gasteiger partial charge in [0, 0.05) is 26.2 Å². The summed E-state index contributed by atoms with van der Waals surface area (Å²) in [4.78, 5) is 53.2. The molecule has 410 valence electrons. The summed E-state index contributed by atoms with van der Waals surface area (Å²) in [5, 5.41) is 70.3. The van der Waals surface area contributed by atoms with Crippen molar-refractivity contribution >= 4 is 23.8 Å². The van der Waals surface area contributed by atoms with Gasteiger partial charge in [0.1, 0.15) is 0 Å². The van der Waals surface area contributed by atoms with Gasteiger partial charge in [0.05, 0.1) is 50.6 Å². The van der Waals surface area contributed by atoms with E-state index < -0.39 is 25.0 Å². The van der Waals surface area contributed by atoms with Crippen molar-refractivity contribution in [3.63, 3.8) is 0 Å². The predicted molar refractivity (Wildman–Crippen MR) is 276 cm³/mol. The summed E-state index contributed by atoms with van der Waals surface area (Å²) in [6.45, 7) is 14.2. The van der Waals surface area contributed by atoms with Gasteiger partial charge < -0.3 is 41.3 Å². The summed E-state index contributed by atoms with van der Waals surface area (Å²) < 4.78 is 0. The van der Waals surface area contributed by atoms with Gasteiger partial charge in [-0.3, -0.25) is 29.0 Å². The first-order valence-corrected chi connectivity index (χ1v) is 29.2. The van der Waals surface area contributed by atoms with Gasteiger partial charge in [-0.2, -0.15) is 0 Å². The third-order valence-corrected chi connectivity index (χ3v) is 23.5. The minimum atomic E-state index is -1.10. The minimum Gasteiger partial charge on any atom is -0.480 e. The van der Waals surface area contributed by atoms with Gasteiger partial charge in [0.25, 0.3) is 0 Å². The highest BCUT2D eigenvalue weighted by Gasteiger charge is 2.65. The minimum absolute atomic E-state index is 0.0970. The molecule has 0 aromatic heterocycles. The number of hydrogen-bond donors (Lipinski definition) is 8. The number of aliphatic carboxylic acids is 2. The van der Waals surface area contributed by atoms with E-state index in [2.05, 4.69) is 52.2 Å². The third kappa shape index (κ3) is 11.1. The van der Waals surface area contributed by atoms with Crippen LogP contribution in [-0.4, -0.2) is 141 Å². The van der Waals surface area contributed by atoms with Gasteiger partial charge in [0.15, 0.2) is 0 Å². The SMILES string of the molecule is C[C@H](CCCNC(=O)CN(CCN(CC(=O)O)CC(=O)NCCC[C@@H](C)[C@H]1CC[C@H]2[C@@H]3CC[C@@H]4C[C@H](O)CC[C@]4(C)[C@H]3C[C@H](O)[C@]12C)CC(=O)O)[C@H]1CC[C@H]2[C@@H]3CC[C@@H]4C[C@H](O)CC[C@]4(C)[C@H]3C[C@H](O)[C@]12C. The van der Waals surface area contributed by atoms with Gasteiger partial charge in [0.2, 0.25) is 11.8 Å². The van der Waals surface area contributed by atoms with Crippen LogP contribution in [0.4, 0.5) is 0 Å². The number of nitrogens with zero attached hydrogens (tertiary/aromatic N) is 2. The Bertz CT molecular complexity index is 1770. The Morgan fingerprint density at radius 1 is 0.514 bits per heavy atom. The van der Waals surface area contributed by atoms with E-state index >= 15 is 0 Å². The predicted octanol–water partition coefficient (Wildman–Crippen LogP) is 6.81. The molecule has 8 saturated carbocycles. The van der Waals surface area contributed by atoms with Crippen LogP contribution in [-0.2, 0) is 19.2 Å². The van der Waals surface area contributed by atoms with E-state index in [9.17, 15) is 49.8 Å². The Kier molecular flexibility index (Phi) is 17.6. The fourth-order valence-corrected chi connectivity index (χ4v) is 19.6. The van der Waals surface area contributed by atoms with E-state index in [1.807, 2.05) is 0 Å². The molecule has 0 unspecified atom stereocenters. The van der Waals surface area contributed by atoms with Gasteiger partial charge in [-0.1, -0.05) is 41.5 Å². The zero-order chi connectivity index (χ0) is 51.9. The van der Waals surface area contributed by atoms with E-state index in [1.165, 1.54) is 35.5 Å². The normalized spacial score (nSPS) is 43.1. The van der Waals surface area contributed by atoms with Crippen LogP contribution in [0.2, 0.25) is 0 Å². The molecule has 72 heavy (non-hydrogen) atoms. The van der Waals surface area contributed by atoms with Crippen molar-refractivity contribution in [2.75, 3.05) is 52.4 Å². The second-order valence-corrected chi connectivity index (χ2v) is 26.9. The van der Waals surface area contributed by atoms with Crippen LogP contribution in [0.1, 0.15) is 170 Å². The molecule has 14 nitrogen and oxygen atoms in total. The Morgan fingerprint density at radius 2 is 0.903 bits per heavy atom. The standard InChI is InChI=1S/C58H98N4O10/c1-35(43-15-17-45-41-13-11-37-27-39(63)19-21-55(37,3)47(41)29-49(65)57(43,45)5)9-7-23-59-51(67)31-61(33-53(69)70)25-26-62(34-54(71)72)32-52(68)60-24-8-10-36(2)44-16-18-46-42-14-12-38-28-40(64)20-22-56(38,4)48(42)30-50(66)58(44,46)6/h35-50,63-66H,7-34H2,1-6H3,(H,59,67)(H,60,68)(H,69,70)(H,71,72)/t35-,36-,37-,38-,39-,40-,41+,42+,43-,44-,45+,46+,47+,48+,49+,50+,55+,56+,57-,58-/m1/s1. The number of carboxylic acid groups (broad SMARTS) is 2. The maximum absolute atomic E-state index is 13.2. The number of amides is 2. The summed E-state index contributed by atoms with van der Waals surface area (Å²) in [6.07, 6.45) is 19.0.